The Kier molecular flexibility index (Phi) is 4.64. The lowest BCUT2D eigenvalue weighted by molar-refractivity contribution is 0.0744. The minimum absolute atomic E-state index is 0.0110. The average molecular weight is 383 g/mol. The summed E-state index contributed by atoms with van der Waals surface area (Å²) in [6, 6.07) is 5.39. The summed E-state index contributed by atoms with van der Waals surface area (Å²) in [5.41, 5.74) is 2.70. The van der Waals surface area contributed by atoms with E-state index in [-0.39, 0.29) is 12.7 Å². The lowest BCUT2D eigenvalue weighted by Crippen LogP contribution is -2.32. The van der Waals surface area contributed by atoms with Gasteiger partial charge in [-0.3, -0.25) is 9.69 Å². The Balaban J connectivity index is 1.35. The van der Waals surface area contributed by atoms with Gasteiger partial charge >= 0.3 is 0 Å². The highest BCUT2D eigenvalue weighted by atomic mass is 16.7. The van der Waals surface area contributed by atoms with Crippen LogP contribution in [0.5, 0.6) is 11.5 Å². The molecule has 3 aliphatic rings. The topological polar surface area (TPSA) is 72.7 Å². The number of benzene rings is 1. The van der Waals surface area contributed by atoms with Crippen LogP contribution in [0.25, 0.3) is 0 Å². The van der Waals surface area contributed by atoms with Crippen LogP contribution in [0.3, 0.4) is 0 Å². The maximum atomic E-state index is 13.2. The summed E-state index contributed by atoms with van der Waals surface area (Å²) >= 11 is 0. The molecule has 0 saturated carbocycles. The molecule has 0 N–H and O–H groups in total. The second-order valence-corrected chi connectivity index (χ2v) is 7.69. The van der Waals surface area contributed by atoms with E-state index in [0.717, 1.165) is 44.0 Å². The van der Waals surface area contributed by atoms with Crippen LogP contribution in [0.2, 0.25) is 0 Å². The summed E-state index contributed by atoms with van der Waals surface area (Å²) in [4.78, 5) is 17.5. The molecule has 0 radical (unpaired) electrons. The lowest BCUT2D eigenvalue weighted by Gasteiger charge is -2.26. The first-order chi connectivity index (χ1) is 13.8. The van der Waals surface area contributed by atoms with Crippen molar-refractivity contribution in [2.24, 2.45) is 0 Å². The van der Waals surface area contributed by atoms with E-state index in [2.05, 4.69) is 15.2 Å². The lowest BCUT2D eigenvalue weighted by atomic mass is 10.1. The van der Waals surface area contributed by atoms with Crippen molar-refractivity contribution >= 4 is 5.91 Å². The van der Waals surface area contributed by atoms with Gasteiger partial charge in [-0.2, -0.15) is 0 Å². The third kappa shape index (κ3) is 3.32. The van der Waals surface area contributed by atoms with E-state index in [4.69, 9.17) is 9.47 Å². The predicted octanol–water partition coefficient (Wildman–Crippen LogP) is 2.04. The van der Waals surface area contributed by atoms with E-state index < -0.39 is 0 Å². The largest absolute Gasteiger partial charge is 0.454 e. The van der Waals surface area contributed by atoms with E-state index in [1.54, 1.807) is 12.1 Å². The number of piperidine rings is 1. The Morgan fingerprint density at radius 1 is 1.00 bits per heavy atom. The SMILES string of the molecule is O=C(c1ccc2c(c1)OCO2)N1CCCn2nnc(CN3CCCCC3)c2C1. The highest BCUT2D eigenvalue weighted by Gasteiger charge is 2.26. The second-order valence-electron chi connectivity index (χ2n) is 7.69. The normalized spacial score (nSPS) is 19.4. The molecule has 1 saturated heterocycles. The number of amides is 1. The molecule has 0 aliphatic carbocycles. The Bertz CT molecular complexity index is 875. The van der Waals surface area contributed by atoms with E-state index in [9.17, 15) is 4.79 Å². The van der Waals surface area contributed by atoms with Gasteiger partial charge in [0.15, 0.2) is 11.5 Å². The van der Waals surface area contributed by atoms with Gasteiger partial charge in [0, 0.05) is 25.2 Å². The van der Waals surface area contributed by atoms with Crippen molar-refractivity contribution in [2.45, 2.75) is 45.3 Å². The van der Waals surface area contributed by atoms with E-state index in [1.165, 1.54) is 19.3 Å². The number of nitrogens with zero attached hydrogens (tertiary/aromatic N) is 5. The van der Waals surface area contributed by atoms with Gasteiger partial charge in [0.2, 0.25) is 6.79 Å². The summed E-state index contributed by atoms with van der Waals surface area (Å²) in [5.74, 6) is 1.34. The summed E-state index contributed by atoms with van der Waals surface area (Å²) in [6.07, 6.45) is 4.68. The smallest absolute Gasteiger partial charge is 0.254 e. The molecule has 0 bridgehead atoms. The number of carbonyl (C=O) groups excluding carboxylic acids is 1. The molecule has 1 aromatic carbocycles. The van der Waals surface area contributed by atoms with Crippen LogP contribution in [0.15, 0.2) is 18.2 Å². The molecule has 1 fully saturated rings. The van der Waals surface area contributed by atoms with Crippen molar-refractivity contribution in [3.63, 3.8) is 0 Å². The second kappa shape index (κ2) is 7.43. The van der Waals surface area contributed by atoms with E-state index >= 15 is 0 Å². The summed E-state index contributed by atoms with van der Waals surface area (Å²) in [5, 5.41) is 8.81. The van der Waals surface area contributed by atoms with Gasteiger partial charge < -0.3 is 14.4 Å². The minimum atomic E-state index is 0.0110. The summed E-state index contributed by atoms with van der Waals surface area (Å²) in [6.45, 7) is 5.32. The molecule has 2 aromatic rings. The van der Waals surface area contributed by atoms with Crippen LogP contribution in [0, 0.1) is 0 Å². The minimum Gasteiger partial charge on any atom is -0.454 e. The molecule has 148 valence electrons. The van der Waals surface area contributed by atoms with Crippen molar-refractivity contribution in [1.82, 2.24) is 24.8 Å². The van der Waals surface area contributed by atoms with Gasteiger partial charge in [-0.1, -0.05) is 11.6 Å². The first-order valence-electron chi connectivity index (χ1n) is 10.1. The fraction of sp³-hybridized carbons (Fsp3) is 0.550. The van der Waals surface area contributed by atoms with Gasteiger partial charge in [-0.25, -0.2) is 4.68 Å². The van der Waals surface area contributed by atoms with Crippen LogP contribution in [0.1, 0.15) is 47.4 Å². The molecule has 0 unspecified atom stereocenters. The van der Waals surface area contributed by atoms with Crippen LogP contribution >= 0.6 is 0 Å². The van der Waals surface area contributed by atoms with Crippen LogP contribution in [0.4, 0.5) is 0 Å². The maximum absolute atomic E-state index is 13.2. The fourth-order valence-electron chi connectivity index (χ4n) is 4.23. The van der Waals surface area contributed by atoms with Crippen molar-refractivity contribution < 1.29 is 14.3 Å². The number of hydrogen-bond acceptors (Lipinski definition) is 6. The van der Waals surface area contributed by atoms with Gasteiger partial charge in [0.1, 0.15) is 5.69 Å². The zero-order valence-electron chi connectivity index (χ0n) is 16.0. The van der Waals surface area contributed by atoms with Crippen LogP contribution in [-0.2, 0) is 19.6 Å². The van der Waals surface area contributed by atoms with Gasteiger partial charge in [0.05, 0.1) is 12.2 Å². The highest BCUT2D eigenvalue weighted by Crippen LogP contribution is 2.33. The number of aryl methyl sites for hydroxylation is 1. The zero-order valence-corrected chi connectivity index (χ0v) is 16.0. The molecule has 4 heterocycles. The Morgan fingerprint density at radius 2 is 1.86 bits per heavy atom. The van der Waals surface area contributed by atoms with Crippen molar-refractivity contribution in [3.8, 4) is 11.5 Å². The molecule has 3 aliphatic heterocycles. The van der Waals surface area contributed by atoms with Gasteiger partial charge in [-0.15, -0.1) is 5.10 Å². The summed E-state index contributed by atoms with van der Waals surface area (Å²) < 4.78 is 12.8. The monoisotopic (exact) mass is 383 g/mol. The van der Waals surface area contributed by atoms with Gasteiger partial charge in [0.25, 0.3) is 5.91 Å². The number of rotatable bonds is 3. The molecule has 0 spiro atoms. The highest BCUT2D eigenvalue weighted by molar-refractivity contribution is 5.95. The van der Waals surface area contributed by atoms with E-state index in [1.807, 2.05) is 15.6 Å². The fourth-order valence-corrected chi connectivity index (χ4v) is 4.23. The third-order valence-electron chi connectivity index (χ3n) is 5.79. The predicted molar refractivity (Wildman–Crippen MR) is 101 cm³/mol. The molecule has 1 amide bonds. The number of fused-ring (bicyclic) bond motifs is 2. The number of likely N-dealkylation sites (tertiary alicyclic amines) is 1. The Hall–Kier alpha value is -2.61. The van der Waals surface area contributed by atoms with Crippen LogP contribution < -0.4 is 9.47 Å². The third-order valence-corrected chi connectivity index (χ3v) is 5.79. The molecular formula is C20H25N5O3. The Labute approximate surface area is 164 Å². The van der Waals surface area contributed by atoms with E-state index in [0.29, 0.717) is 30.2 Å². The molecule has 0 atom stereocenters. The molecule has 28 heavy (non-hydrogen) atoms. The Morgan fingerprint density at radius 3 is 2.75 bits per heavy atom. The standard InChI is InChI=1S/C20H25N5O3/c26-20(15-5-6-18-19(11-15)28-14-27-18)24-9-4-10-25-17(13-24)16(21-22-25)12-23-7-2-1-3-8-23/h5-6,11H,1-4,7-10,12-14H2. The number of aromatic nitrogens is 3. The molecule has 8 heteroatoms. The van der Waals surface area contributed by atoms with Crippen LogP contribution in [-0.4, -0.2) is 57.1 Å². The van der Waals surface area contributed by atoms with Crippen molar-refractivity contribution in [3.05, 3.63) is 35.2 Å². The first-order valence-corrected chi connectivity index (χ1v) is 10.1. The molecule has 8 nitrogen and oxygen atoms in total. The van der Waals surface area contributed by atoms with Crippen molar-refractivity contribution in [1.29, 1.82) is 0 Å². The molecular weight excluding hydrogens is 358 g/mol. The average Bonchev–Trinajstić information content (AvgIpc) is 3.28. The zero-order chi connectivity index (χ0) is 18.9. The van der Waals surface area contributed by atoms with Gasteiger partial charge in [-0.05, 0) is 50.6 Å². The molecule has 5 rings (SSSR count). The number of hydrogen-bond donors (Lipinski definition) is 0. The summed E-state index contributed by atoms with van der Waals surface area (Å²) in [7, 11) is 0. The first kappa shape index (κ1) is 17.5. The quantitative estimate of drug-likeness (QED) is 0.808. The molecule has 1 aromatic heterocycles. The van der Waals surface area contributed by atoms with Crippen molar-refractivity contribution in [2.75, 3.05) is 26.4 Å². The maximum Gasteiger partial charge on any atom is 0.254 e. The number of carbonyl (C=O) groups is 1. The number of ether oxygens (including phenoxy) is 2.